The maximum absolute atomic E-state index is 11.7. The molecule has 0 spiro atoms. The first-order valence-corrected chi connectivity index (χ1v) is 6.88. The van der Waals surface area contributed by atoms with Crippen LogP contribution in [0.15, 0.2) is 36.9 Å². The van der Waals surface area contributed by atoms with Crippen molar-refractivity contribution in [1.82, 2.24) is 0 Å². The SMILES string of the molecule is C=CCOC(=O)c1ccccc1C(=O)OCC[CH2-].CO.CO.CO.[Ti]. The molecule has 0 amide bonds. The molecule has 1 aromatic rings. The van der Waals surface area contributed by atoms with Crippen LogP contribution in [0, 0.1) is 6.92 Å². The summed E-state index contributed by atoms with van der Waals surface area (Å²) in [5.41, 5.74) is 0.383. The van der Waals surface area contributed by atoms with Crippen molar-refractivity contribution in [2.24, 2.45) is 0 Å². The van der Waals surface area contributed by atoms with Crippen molar-refractivity contribution in [2.75, 3.05) is 34.5 Å². The standard InChI is InChI=1S/C14H15O4.3CH4O.Ti/c1-3-9-17-13(15)11-7-5-6-8-12(11)14(16)18-10-4-2;3*1-2;/h3,5-8H,1-2,4,9-10H2;3*2H,1H3;/q-1;;;;. The van der Waals surface area contributed by atoms with Gasteiger partial charge in [-0.15, -0.1) is 6.42 Å². The molecule has 0 aliphatic carbocycles. The predicted molar refractivity (Wildman–Crippen MR) is 91.6 cm³/mol. The molecule has 0 fully saturated rings. The summed E-state index contributed by atoms with van der Waals surface area (Å²) in [6.07, 6.45) is 1.94. The van der Waals surface area contributed by atoms with Crippen molar-refractivity contribution >= 4 is 11.9 Å². The van der Waals surface area contributed by atoms with Crippen molar-refractivity contribution in [3.05, 3.63) is 55.0 Å². The Morgan fingerprint density at radius 1 is 1.00 bits per heavy atom. The van der Waals surface area contributed by atoms with Gasteiger partial charge < -0.3 is 31.7 Å². The van der Waals surface area contributed by atoms with Gasteiger partial charge in [0.05, 0.1) is 17.7 Å². The van der Waals surface area contributed by atoms with Crippen LogP contribution in [0.25, 0.3) is 0 Å². The van der Waals surface area contributed by atoms with Crippen LogP contribution in [0.3, 0.4) is 0 Å². The second-order valence-corrected chi connectivity index (χ2v) is 3.42. The maximum Gasteiger partial charge on any atom is 0.339 e. The molecule has 0 unspecified atom stereocenters. The van der Waals surface area contributed by atoms with E-state index in [1.54, 1.807) is 12.1 Å². The molecule has 1 aromatic carbocycles. The minimum absolute atomic E-state index is 0. The van der Waals surface area contributed by atoms with Gasteiger partial charge in [0.15, 0.2) is 0 Å². The fourth-order valence-corrected chi connectivity index (χ4v) is 1.29. The quantitative estimate of drug-likeness (QED) is 0.289. The molecule has 7 nitrogen and oxygen atoms in total. The van der Waals surface area contributed by atoms with Gasteiger partial charge in [0, 0.05) is 43.0 Å². The Morgan fingerprint density at radius 3 is 1.76 bits per heavy atom. The third kappa shape index (κ3) is 14.5. The number of carbonyl (C=O) groups is 2. The zero-order valence-corrected chi connectivity index (χ0v) is 16.5. The first-order chi connectivity index (χ1) is 11.7. The molecule has 25 heavy (non-hydrogen) atoms. The van der Waals surface area contributed by atoms with E-state index >= 15 is 0 Å². The Labute approximate surface area is 164 Å². The second-order valence-electron chi connectivity index (χ2n) is 3.42. The molecular formula is C17H27O7Ti-. The Bertz CT molecular complexity index is 450. The van der Waals surface area contributed by atoms with Crippen LogP contribution < -0.4 is 0 Å². The number of aliphatic hydroxyl groups excluding tert-OH is 3. The molecule has 3 N–H and O–H groups in total. The van der Waals surface area contributed by atoms with Gasteiger partial charge in [-0.1, -0.05) is 24.8 Å². The maximum atomic E-state index is 11.7. The second kappa shape index (κ2) is 24.7. The summed E-state index contributed by atoms with van der Waals surface area (Å²) in [5, 5.41) is 21.0. The molecule has 0 saturated carbocycles. The normalized spacial score (nSPS) is 7.64. The van der Waals surface area contributed by atoms with Gasteiger partial charge in [0.1, 0.15) is 6.61 Å². The molecular weight excluding hydrogens is 364 g/mol. The molecule has 0 aliphatic rings. The molecule has 0 heterocycles. The van der Waals surface area contributed by atoms with Crippen LogP contribution in [-0.2, 0) is 31.2 Å². The predicted octanol–water partition coefficient (Wildman–Crippen LogP) is 1.23. The molecule has 0 aromatic heterocycles. The van der Waals surface area contributed by atoms with E-state index in [9.17, 15) is 9.59 Å². The van der Waals surface area contributed by atoms with E-state index in [1.165, 1.54) is 18.2 Å². The molecule has 0 bridgehead atoms. The van der Waals surface area contributed by atoms with Crippen LogP contribution in [0.4, 0.5) is 0 Å². The molecule has 142 valence electrons. The number of hydrogen-bond acceptors (Lipinski definition) is 7. The van der Waals surface area contributed by atoms with Gasteiger partial charge in [-0.3, -0.25) is 0 Å². The number of esters is 2. The third-order valence-electron chi connectivity index (χ3n) is 2.08. The number of aliphatic hydroxyl groups is 3. The largest absolute Gasteiger partial charge is 0.465 e. The Hall–Kier alpha value is -1.51. The van der Waals surface area contributed by atoms with Crippen LogP contribution in [0.5, 0.6) is 0 Å². The van der Waals surface area contributed by atoms with Crippen molar-refractivity contribution in [3.63, 3.8) is 0 Å². The topological polar surface area (TPSA) is 113 Å². The summed E-state index contributed by atoms with van der Waals surface area (Å²) in [4.78, 5) is 23.4. The monoisotopic (exact) mass is 391 g/mol. The molecule has 8 heteroatoms. The first kappa shape index (κ1) is 31.3. The van der Waals surface area contributed by atoms with Crippen molar-refractivity contribution in [2.45, 2.75) is 6.42 Å². The van der Waals surface area contributed by atoms with Crippen molar-refractivity contribution in [1.29, 1.82) is 0 Å². The zero-order valence-electron chi connectivity index (χ0n) is 14.9. The Balaban J connectivity index is -0.000000284. The Kier molecular flexibility index (Phi) is 31.0. The van der Waals surface area contributed by atoms with Crippen LogP contribution in [0.2, 0.25) is 0 Å². The van der Waals surface area contributed by atoms with E-state index in [1.807, 2.05) is 0 Å². The molecule has 1 rings (SSSR count). The number of hydrogen-bond donors (Lipinski definition) is 3. The minimum atomic E-state index is -0.572. The van der Waals surface area contributed by atoms with Gasteiger partial charge in [-0.2, -0.15) is 0 Å². The average Bonchev–Trinajstić information content (AvgIpc) is 2.68. The molecule has 0 aliphatic heterocycles. The number of rotatable bonds is 6. The molecule has 0 radical (unpaired) electrons. The number of carbonyl (C=O) groups excluding carboxylic acids is 2. The first-order valence-electron chi connectivity index (χ1n) is 6.88. The zero-order chi connectivity index (χ0) is 19.4. The van der Waals surface area contributed by atoms with Gasteiger partial charge in [-0.05, 0) is 12.1 Å². The van der Waals surface area contributed by atoms with E-state index in [-0.39, 0.29) is 46.1 Å². The minimum Gasteiger partial charge on any atom is -0.465 e. The molecule has 0 saturated heterocycles. The van der Waals surface area contributed by atoms with Gasteiger partial charge in [0.25, 0.3) is 0 Å². The van der Waals surface area contributed by atoms with Gasteiger partial charge >= 0.3 is 11.9 Å². The number of ether oxygens (including phenoxy) is 2. The fraction of sp³-hybridized carbons (Fsp3) is 0.353. The summed E-state index contributed by atoms with van der Waals surface area (Å²) in [5.74, 6) is -1.12. The van der Waals surface area contributed by atoms with Crippen LogP contribution >= 0.6 is 0 Å². The third-order valence-corrected chi connectivity index (χ3v) is 2.08. The van der Waals surface area contributed by atoms with E-state index in [0.29, 0.717) is 6.42 Å². The number of benzene rings is 1. The van der Waals surface area contributed by atoms with E-state index < -0.39 is 11.9 Å². The summed E-state index contributed by atoms with van der Waals surface area (Å²) in [6, 6.07) is 6.36. The van der Waals surface area contributed by atoms with Crippen molar-refractivity contribution in [3.8, 4) is 0 Å². The van der Waals surface area contributed by atoms with E-state index in [2.05, 4.69) is 13.5 Å². The summed E-state index contributed by atoms with van der Waals surface area (Å²) in [7, 11) is 3.00. The molecule has 0 atom stereocenters. The Morgan fingerprint density at radius 2 is 1.40 bits per heavy atom. The van der Waals surface area contributed by atoms with Crippen LogP contribution in [0.1, 0.15) is 27.1 Å². The van der Waals surface area contributed by atoms with E-state index in [4.69, 9.17) is 24.8 Å². The van der Waals surface area contributed by atoms with Crippen LogP contribution in [-0.4, -0.2) is 61.8 Å². The van der Waals surface area contributed by atoms with Gasteiger partial charge in [-0.25, -0.2) is 9.59 Å². The summed E-state index contributed by atoms with van der Waals surface area (Å²) >= 11 is 0. The van der Waals surface area contributed by atoms with Gasteiger partial charge in [0.2, 0.25) is 0 Å². The summed E-state index contributed by atoms with van der Waals surface area (Å²) in [6.45, 7) is 7.33. The van der Waals surface area contributed by atoms with Crippen molar-refractivity contribution < 1.29 is 56.1 Å². The average molecular weight is 391 g/mol. The van der Waals surface area contributed by atoms with E-state index in [0.717, 1.165) is 21.3 Å². The fourth-order valence-electron chi connectivity index (χ4n) is 1.29. The summed E-state index contributed by atoms with van der Waals surface area (Å²) < 4.78 is 9.84. The smallest absolute Gasteiger partial charge is 0.339 e.